The van der Waals surface area contributed by atoms with Crippen LogP contribution in [0, 0.1) is 13.8 Å². The van der Waals surface area contributed by atoms with Crippen LogP contribution in [0.2, 0.25) is 0 Å². The van der Waals surface area contributed by atoms with E-state index >= 15 is 0 Å². The summed E-state index contributed by atoms with van der Waals surface area (Å²) in [5, 5.41) is 7.33. The molecule has 134 valence electrons. The molecule has 0 saturated carbocycles. The van der Waals surface area contributed by atoms with Crippen LogP contribution >= 0.6 is 0 Å². The van der Waals surface area contributed by atoms with Gasteiger partial charge in [-0.15, -0.1) is 0 Å². The molecule has 3 N–H and O–H groups in total. The number of amides is 1. The second kappa shape index (κ2) is 7.41. The molecule has 3 aromatic rings. The van der Waals surface area contributed by atoms with Crippen molar-refractivity contribution in [3.8, 4) is 11.4 Å². The van der Waals surface area contributed by atoms with Gasteiger partial charge < -0.3 is 15.8 Å². The quantitative estimate of drug-likeness (QED) is 0.740. The van der Waals surface area contributed by atoms with Crippen molar-refractivity contribution in [2.24, 2.45) is 5.73 Å². The van der Waals surface area contributed by atoms with Gasteiger partial charge in [0, 0.05) is 17.9 Å². The zero-order valence-corrected chi connectivity index (χ0v) is 15.1. The standard InChI is InChI=1S/C20H22N4O2/c1-13-8-15(12-21)11-16(9-13)22-20(25)19-10-14(2)24(23-19)17-4-6-18(26-3)7-5-17/h4-11H,12,21H2,1-3H3,(H,22,25). The zero-order valence-electron chi connectivity index (χ0n) is 15.1. The monoisotopic (exact) mass is 350 g/mol. The topological polar surface area (TPSA) is 82.2 Å². The minimum absolute atomic E-state index is 0.256. The molecular weight excluding hydrogens is 328 g/mol. The summed E-state index contributed by atoms with van der Waals surface area (Å²) in [6.45, 7) is 4.31. The molecule has 1 amide bonds. The lowest BCUT2D eigenvalue weighted by molar-refractivity contribution is 0.102. The zero-order chi connectivity index (χ0) is 18.7. The number of nitrogens with two attached hydrogens (primary N) is 1. The lowest BCUT2D eigenvalue weighted by atomic mass is 10.1. The Morgan fingerprint density at radius 3 is 2.54 bits per heavy atom. The van der Waals surface area contributed by atoms with Gasteiger partial charge >= 0.3 is 0 Å². The number of nitrogens with zero attached hydrogens (tertiary/aromatic N) is 2. The number of aromatic nitrogens is 2. The molecule has 0 aliphatic carbocycles. The van der Waals surface area contributed by atoms with Crippen molar-refractivity contribution < 1.29 is 9.53 Å². The average Bonchev–Trinajstić information content (AvgIpc) is 3.03. The van der Waals surface area contributed by atoms with Crippen molar-refractivity contribution in [2.45, 2.75) is 20.4 Å². The van der Waals surface area contributed by atoms with Crippen LogP contribution < -0.4 is 15.8 Å². The van der Waals surface area contributed by atoms with E-state index in [1.54, 1.807) is 17.9 Å². The van der Waals surface area contributed by atoms with E-state index < -0.39 is 0 Å². The number of benzene rings is 2. The SMILES string of the molecule is COc1ccc(-n2nc(C(=O)Nc3cc(C)cc(CN)c3)cc2C)cc1. The van der Waals surface area contributed by atoms with Gasteiger partial charge in [0.2, 0.25) is 0 Å². The number of hydrogen-bond acceptors (Lipinski definition) is 4. The summed E-state index contributed by atoms with van der Waals surface area (Å²) >= 11 is 0. The first-order valence-electron chi connectivity index (χ1n) is 8.33. The van der Waals surface area contributed by atoms with E-state index in [4.69, 9.17) is 10.5 Å². The first-order valence-corrected chi connectivity index (χ1v) is 8.33. The molecule has 0 aliphatic heterocycles. The third kappa shape index (κ3) is 3.75. The van der Waals surface area contributed by atoms with Crippen LogP contribution in [-0.4, -0.2) is 22.8 Å². The second-order valence-corrected chi connectivity index (χ2v) is 6.15. The molecule has 0 atom stereocenters. The maximum atomic E-state index is 12.6. The third-order valence-electron chi connectivity index (χ3n) is 4.07. The van der Waals surface area contributed by atoms with Crippen LogP contribution in [0.1, 0.15) is 27.3 Å². The molecule has 0 fully saturated rings. The van der Waals surface area contributed by atoms with E-state index in [1.165, 1.54) is 0 Å². The van der Waals surface area contributed by atoms with E-state index in [1.807, 2.05) is 56.3 Å². The van der Waals surface area contributed by atoms with Crippen molar-refractivity contribution in [1.82, 2.24) is 9.78 Å². The van der Waals surface area contributed by atoms with E-state index in [0.717, 1.165) is 28.3 Å². The predicted molar refractivity (Wildman–Crippen MR) is 102 cm³/mol. The van der Waals surface area contributed by atoms with Gasteiger partial charge in [0.25, 0.3) is 5.91 Å². The first-order chi connectivity index (χ1) is 12.5. The largest absolute Gasteiger partial charge is 0.497 e. The number of anilines is 1. The molecule has 1 heterocycles. The number of hydrogen-bond donors (Lipinski definition) is 2. The molecule has 0 aliphatic rings. The normalized spacial score (nSPS) is 10.6. The Hall–Kier alpha value is -3.12. The number of aryl methyl sites for hydroxylation is 2. The molecule has 0 saturated heterocycles. The van der Waals surface area contributed by atoms with Crippen molar-refractivity contribution in [3.63, 3.8) is 0 Å². The van der Waals surface area contributed by atoms with Gasteiger partial charge in [0.05, 0.1) is 12.8 Å². The highest BCUT2D eigenvalue weighted by Gasteiger charge is 2.14. The molecule has 0 spiro atoms. The summed E-state index contributed by atoms with van der Waals surface area (Å²) in [6, 6.07) is 15.1. The Morgan fingerprint density at radius 2 is 1.88 bits per heavy atom. The highest BCUT2D eigenvalue weighted by atomic mass is 16.5. The highest BCUT2D eigenvalue weighted by molar-refractivity contribution is 6.03. The molecule has 3 rings (SSSR count). The van der Waals surface area contributed by atoms with Gasteiger partial charge in [-0.05, 0) is 67.4 Å². The molecule has 0 radical (unpaired) electrons. The average molecular weight is 350 g/mol. The fourth-order valence-electron chi connectivity index (χ4n) is 2.82. The molecule has 2 aromatic carbocycles. The number of carbonyl (C=O) groups excluding carboxylic acids is 1. The number of carbonyl (C=O) groups is 1. The van der Waals surface area contributed by atoms with Crippen molar-refractivity contribution in [3.05, 3.63) is 71.0 Å². The van der Waals surface area contributed by atoms with Crippen molar-refractivity contribution >= 4 is 11.6 Å². The molecule has 26 heavy (non-hydrogen) atoms. The van der Waals surface area contributed by atoms with E-state index in [0.29, 0.717) is 17.9 Å². The second-order valence-electron chi connectivity index (χ2n) is 6.15. The van der Waals surface area contributed by atoms with Crippen LogP contribution in [0.3, 0.4) is 0 Å². The summed E-state index contributed by atoms with van der Waals surface area (Å²) in [6.07, 6.45) is 0. The lowest BCUT2D eigenvalue weighted by Gasteiger charge is -2.07. The van der Waals surface area contributed by atoms with Crippen LogP contribution in [0.25, 0.3) is 5.69 Å². The summed E-state index contributed by atoms with van der Waals surface area (Å²) < 4.78 is 6.90. The molecular formula is C20H22N4O2. The molecule has 6 heteroatoms. The number of nitrogens with one attached hydrogen (secondary N) is 1. The van der Waals surface area contributed by atoms with Crippen LogP contribution in [0.15, 0.2) is 48.5 Å². The molecule has 6 nitrogen and oxygen atoms in total. The van der Waals surface area contributed by atoms with Gasteiger partial charge in [-0.25, -0.2) is 4.68 Å². The lowest BCUT2D eigenvalue weighted by Crippen LogP contribution is -2.14. The number of rotatable bonds is 5. The Kier molecular flexibility index (Phi) is 5.04. The summed E-state index contributed by atoms with van der Waals surface area (Å²) in [4.78, 5) is 12.6. The first kappa shape index (κ1) is 17.7. The Bertz CT molecular complexity index is 929. The third-order valence-corrected chi connectivity index (χ3v) is 4.07. The van der Waals surface area contributed by atoms with E-state index in [-0.39, 0.29) is 5.91 Å². The van der Waals surface area contributed by atoms with Crippen LogP contribution in [-0.2, 0) is 6.54 Å². The summed E-state index contributed by atoms with van der Waals surface area (Å²) in [5.41, 5.74) is 10.5. The summed E-state index contributed by atoms with van der Waals surface area (Å²) in [5.74, 6) is 0.514. The van der Waals surface area contributed by atoms with Gasteiger partial charge in [0.1, 0.15) is 5.75 Å². The van der Waals surface area contributed by atoms with E-state index in [2.05, 4.69) is 10.4 Å². The van der Waals surface area contributed by atoms with Crippen molar-refractivity contribution in [2.75, 3.05) is 12.4 Å². The predicted octanol–water partition coefficient (Wildman–Crippen LogP) is 3.21. The molecule has 0 bridgehead atoms. The Balaban J connectivity index is 1.83. The Morgan fingerprint density at radius 1 is 1.15 bits per heavy atom. The Labute approximate surface area is 152 Å². The van der Waals surface area contributed by atoms with Gasteiger partial charge in [-0.3, -0.25) is 4.79 Å². The maximum Gasteiger partial charge on any atom is 0.276 e. The van der Waals surface area contributed by atoms with E-state index in [9.17, 15) is 4.79 Å². The smallest absolute Gasteiger partial charge is 0.276 e. The molecule has 0 unspecified atom stereocenters. The van der Waals surface area contributed by atoms with Gasteiger partial charge in [-0.1, -0.05) is 6.07 Å². The minimum atomic E-state index is -0.256. The fourth-order valence-corrected chi connectivity index (χ4v) is 2.82. The van der Waals surface area contributed by atoms with Crippen LogP contribution in [0.4, 0.5) is 5.69 Å². The summed E-state index contributed by atoms with van der Waals surface area (Å²) in [7, 11) is 1.62. The van der Waals surface area contributed by atoms with Gasteiger partial charge in [-0.2, -0.15) is 5.10 Å². The van der Waals surface area contributed by atoms with Crippen molar-refractivity contribution in [1.29, 1.82) is 0 Å². The number of methoxy groups -OCH3 is 1. The maximum absolute atomic E-state index is 12.6. The minimum Gasteiger partial charge on any atom is -0.497 e. The van der Waals surface area contributed by atoms with Crippen LogP contribution in [0.5, 0.6) is 5.75 Å². The fraction of sp³-hybridized carbons (Fsp3) is 0.200. The highest BCUT2D eigenvalue weighted by Crippen LogP contribution is 2.18. The number of ether oxygens (including phenoxy) is 1. The molecule has 1 aromatic heterocycles. The van der Waals surface area contributed by atoms with Gasteiger partial charge in [0.15, 0.2) is 5.69 Å².